The Labute approximate surface area is 272 Å². The van der Waals surface area contributed by atoms with Crippen molar-refractivity contribution in [2.24, 2.45) is 0 Å². The highest BCUT2D eigenvalue weighted by Crippen LogP contribution is 2.41. The zero-order valence-corrected chi connectivity index (χ0v) is 25.5. The van der Waals surface area contributed by atoms with Crippen molar-refractivity contribution in [2.45, 2.75) is 0 Å². The average molecular weight is 604 g/mol. The van der Waals surface area contributed by atoms with Crippen LogP contribution in [0.2, 0.25) is 0 Å². The molecule has 0 fully saturated rings. The van der Waals surface area contributed by atoms with E-state index in [-0.39, 0.29) is 0 Å². The van der Waals surface area contributed by atoms with Crippen LogP contribution in [0.3, 0.4) is 0 Å². The second kappa shape index (κ2) is 11.2. The van der Waals surface area contributed by atoms with Crippen molar-refractivity contribution in [3.8, 4) is 33.6 Å². The van der Waals surface area contributed by atoms with Gasteiger partial charge in [0, 0.05) is 50.7 Å². The van der Waals surface area contributed by atoms with Crippen LogP contribution in [0.1, 0.15) is 0 Å². The van der Waals surface area contributed by atoms with E-state index in [1.165, 1.54) is 0 Å². The maximum absolute atomic E-state index is 6.40. The van der Waals surface area contributed by atoms with E-state index < -0.39 is 0 Å². The van der Waals surface area contributed by atoms with Crippen molar-refractivity contribution < 1.29 is 4.42 Å². The molecule has 0 atom stereocenters. The molecule has 0 radical (unpaired) electrons. The standard InChI is InChI=1S/C43H29N3O/c1-3-13-31(14-4-1)42-41(44-40-23-9-10-28-45(40)42)30-24-26-34(27-25-30)46(33-16-5-2-6-17-33)35-18-11-15-32(29-35)36-20-12-21-38-37-19-7-8-22-39(37)47-43(36)38/h1-29H. The number of aromatic nitrogens is 2. The molecule has 6 aromatic carbocycles. The van der Waals surface area contributed by atoms with E-state index in [0.29, 0.717) is 0 Å². The minimum absolute atomic E-state index is 0.901. The van der Waals surface area contributed by atoms with Crippen molar-refractivity contribution in [1.82, 2.24) is 9.38 Å². The summed E-state index contributed by atoms with van der Waals surface area (Å²) >= 11 is 0. The van der Waals surface area contributed by atoms with Crippen LogP contribution in [0.25, 0.3) is 61.2 Å². The lowest BCUT2D eigenvalue weighted by atomic mass is 10.0. The summed E-state index contributed by atoms with van der Waals surface area (Å²) in [5.41, 5.74) is 12.3. The fourth-order valence-electron chi connectivity index (χ4n) is 6.65. The molecule has 3 aromatic heterocycles. The molecule has 0 spiro atoms. The predicted octanol–water partition coefficient (Wildman–Crippen LogP) is 11.7. The monoisotopic (exact) mass is 603 g/mol. The van der Waals surface area contributed by atoms with Crippen molar-refractivity contribution >= 4 is 44.6 Å². The zero-order valence-electron chi connectivity index (χ0n) is 25.5. The Morgan fingerprint density at radius 1 is 0.489 bits per heavy atom. The fraction of sp³-hybridized carbons (Fsp3) is 0. The molecule has 47 heavy (non-hydrogen) atoms. The minimum Gasteiger partial charge on any atom is -0.455 e. The topological polar surface area (TPSA) is 33.7 Å². The molecule has 0 unspecified atom stereocenters. The van der Waals surface area contributed by atoms with E-state index in [1.54, 1.807) is 0 Å². The Morgan fingerprint density at radius 3 is 2.00 bits per heavy atom. The van der Waals surface area contributed by atoms with Gasteiger partial charge in [-0.1, -0.05) is 115 Å². The fourth-order valence-corrected chi connectivity index (χ4v) is 6.65. The smallest absolute Gasteiger partial charge is 0.143 e. The van der Waals surface area contributed by atoms with Crippen molar-refractivity contribution in [1.29, 1.82) is 0 Å². The molecule has 0 saturated heterocycles. The number of hydrogen-bond acceptors (Lipinski definition) is 3. The highest BCUT2D eigenvalue weighted by Gasteiger charge is 2.19. The van der Waals surface area contributed by atoms with Gasteiger partial charge in [0.15, 0.2) is 0 Å². The van der Waals surface area contributed by atoms with Crippen molar-refractivity contribution in [3.05, 3.63) is 176 Å². The van der Waals surface area contributed by atoms with Gasteiger partial charge in [0.05, 0.1) is 11.4 Å². The summed E-state index contributed by atoms with van der Waals surface area (Å²) in [5.74, 6) is 0. The summed E-state index contributed by atoms with van der Waals surface area (Å²) in [7, 11) is 0. The van der Waals surface area contributed by atoms with Gasteiger partial charge < -0.3 is 9.32 Å². The van der Waals surface area contributed by atoms with E-state index in [0.717, 1.165) is 78.3 Å². The Morgan fingerprint density at radius 2 is 1.15 bits per heavy atom. The molecule has 0 aliphatic rings. The van der Waals surface area contributed by atoms with Crippen LogP contribution in [0.4, 0.5) is 17.1 Å². The lowest BCUT2D eigenvalue weighted by molar-refractivity contribution is 0.670. The number of anilines is 3. The van der Waals surface area contributed by atoms with E-state index in [2.05, 4.69) is 161 Å². The number of nitrogens with zero attached hydrogens (tertiary/aromatic N) is 3. The maximum Gasteiger partial charge on any atom is 0.143 e. The average Bonchev–Trinajstić information content (AvgIpc) is 3.72. The van der Waals surface area contributed by atoms with Crippen LogP contribution in [-0.2, 0) is 0 Å². The van der Waals surface area contributed by atoms with Gasteiger partial charge in [0.1, 0.15) is 16.8 Å². The summed E-state index contributed by atoms with van der Waals surface area (Å²) in [4.78, 5) is 7.38. The van der Waals surface area contributed by atoms with Gasteiger partial charge in [0.25, 0.3) is 0 Å². The minimum atomic E-state index is 0.901. The van der Waals surface area contributed by atoms with E-state index in [1.807, 2.05) is 24.3 Å². The second-order valence-electron chi connectivity index (χ2n) is 11.7. The van der Waals surface area contributed by atoms with Crippen LogP contribution in [-0.4, -0.2) is 9.38 Å². The summed E-state index contributed by atoms with van der Waals surface area (Å²) in [6, 6.07) is 59.2. The maximum atomic E-state index is 6.40. The summed E-state index contributed by atoms with van der Waals surface area (Å²) in [5, 5.41) is 2.26. The summed E-state index contributed by atoms with van der Waals surface area (Å²) < 4.78 is 8.57. The normalized spacial score (nSPS) is 11.4. The Bertz CT molecular complexity index is 2510. The first-order valence-electron chi connectivity index (χ1n) is 15.8. The van der Waals surface area contributed by atoms with Crippen LogP contribution < -0.4 is 4.90 Å². The van der Waals surface area contributed by atoms with Gasteiger partial charge in [0.2, 0.25) is 0 Å². The summed E-state index contributed by atoms with van der Waals surface area (Å²) in [6.07, 6.45) is 2.08. The van der Waals surface area contributed by atoms with Crippen molar-refractivity contribution in [2.75, 3.05) is 4.90 Å². The predicted molar refractivity (Wildman–Crippen MR) is 193 cm³/mol. The lowest BCUT2D eigenvalue weighted by Gasteiger charge is -2.26. The third-order valence-electron chi connectivity index (χ3n) is 8.81. The molecule has 222 valence electrons. The first kappa shape index (κ1) is 27.0. The van der Waals surface area contributed by atoms with Crippen LogP contribution in [0.5, 0.6) is 0 Å². The largest absolute Gasteiger partial charge is 0.455 e. The van der Waals surface area contributed by atoms with Gasteiger partial charge in [-0.15, -0.1) is 0 Å². The molecule has 0 bridgehead atoms. The number of para-hydroxylation sites is 3. The van der Waals surface area contributed by atoms with E-state index in [4.69, 9.17) is 9.40 Å². The number of rotatable bonds is 6. The first-order valence-corrected chi connectivity index (χ1v) is 15.8. The molecular weight excluding hydrogens is 574 g/mol. The third-order valence-corrected chi connectivity index (χ3v) is 8.81. The van der Waals surface area contributed by atoms with Crippen LogP contribution in [0.15, 0.2) is 180 Å². The SMILES string of the molecule is c1ccc(-c2c(-c3ccc(N(c4ccccc4)c4cccc(-c5cccc6c5oc5ccccc56)c4)cc3)nc3ccccn23)cc1. The Kier molecular flexibility index (Phi) is 6.43. The second-order valence-corrected chi connectivity index (χ2v) is 11.7. The molecule has 9 rings (SSSR count). The Hall–Kier alpha value is -6.39. The molecule has 4 heteroatoms. The quantitative estimate of drug-likeness (QED) is 0.190. The third kappa shape index (κ3) is 4.66. The highest BCUT2D eigenvalue weighted by atomic mass is 16.3. The number of benzene rings is 6. The molecule has 0 N–H and O–H groups in total. The molecule has 4 nitrogen and oxygen atoms in total. The van der Waals surface area contributed by atoms with Gasteiger partial charge in [-0.3, -0.25) is 4.40 Å². The van der Waals surface area contributed by atoms with E-state index in [9.17, 15) is 0 Å². The zero-order chi connectivity index (χ0) is 31.2. The number of fused-ring (bicyclic) bond motifs is 4. The number of hydrogen-bond donors (Lipinski definition) is 0. The number of pyridine rings is 1. The number of furan rings is 1. The van der Waals surface area contributed by atoms with E-state index >= 15 is 0 Å². The molecule has 0 aliphatic carbocycles. The molecule has 0 amide bonds. The molecule has 0 aliphatic heterocycles. The van der Waals surface area contributed by atoms with Crippen LogP contribution >= 0.6 is 0 Å². The molecule has 9 aromatic rings. The molecule has 0 saturated carbocycles. The van der Waals surface area contributed by atoms with Gasteiger partial charge in [-0.05, 0) is 60.2 Å². The highest BCUT2D eigenvalue weighted by molar-refractivity contribution is 6.09. The van der Waals surface area contributed by atoms with Gasteiger partial charge >= 0.3 is 0 Å². The number of imidazole rings is 1. The van der Waals surface area contributed by atoms with Crippen LogP contribution in [0, 0.1) is 0 Å². The lowest BCUT2D eigenvalue weighted by Crippen LogP contribution is -2.09. The van der Waals surface area contributed by atoms with Crippen molar-refractivity contribution in [3.63, 3.8) is 0 Å². The first-order chi connectivity index (χ1) is 23.3. The van der Waals surface area contributed by atoms with Gasteiger partial charge in [-0.2, -0.15) is 0 Å². The summed E-state index contributed by atoms with van der Waals surface area (Å²) in [6.45, 7) is 0. The molecule has 3 heterocycles. The molecular formula is C43H29N3O. The Balaban J connectivity index is 1.16. The van der Waals surface area contributed by atoms with Gasteiger partial charge in [-0.25, -0.2) is 4.98 Å².